The van der Waals surface area contributed by atoms with Crippen molar-refractivity contribution >= 4 is 42.8 Å². The van der Waals surface area contributed by atoms with Crippen LogP contribution >= 0.6 is 15.9 Å². The summed E-state index contributed by atoms with van der Waals surface area (Å²) in [4.78, 5) is 16.4. The fourth-order valence-electron chi connectivity index (χ4n) is 3.25. The second-order valence-electron chi connectivity index (χ2n) is 6.52. The summed E-state index contributed by atoms with van der Waals surface area (Å²) in [6, 6.07) is 15.9. The van der Waals surface area contributed by atoms with Crippen LogP contribution in [0.15, 0.2) is 76.2 Å². The Morgan fingerprint density at radius 2 is 1.83 bits per heavy atom. The molecule has 0 fully saturated rings. The molecule has 9 heteroatoms. The van der Waals surface area contributed by atoms with Gasteiger partial charge in [0.2, 0.25) is 0 Å². The highest BCUT2D eigenvalue weighted by molar-refractivity contribution is 9.10. The van der Waals surface area contributed by atoms with Gasteiger partial charge in [-0.3, -0.25) is 9.78 Å². The number of nitrogens with one attached hydrogen (secondary N) is 1. The van der Waals surface area contributed by atoms with Crippen molar-refractivity contribution in [3.05, 3.63) is 82.8 Å². The van der Waals surface area contributed by atoms with E-state index in [1.54, 1.807) is 23.7 Å². The number of hydrogen-bond donors (Lipinski definition) is 1. The number of rotatable bonds is 4. The molecule has 2 heterocycles. The highest BCUT2D eigenvalue weighted by Crippen LogP contribution is 2.29. The monoisotopic (exact) mass is 487 g/mol. The van der Waals surface area contributed by atoms with Crippen LogP contribution in [-0.4, -0.2) is 23.9 Å². The summed E-state index contributed by atoms with van der Waals surface area (Å²) in [6.07, 6.45) is 1.37. The van der Waals surface area contributed by atoms with Gasteiger partial charge >= 0.3 is 0 Å². The van der Waals surface area contributed by atoms with Gasteiger partial charge < -0.3 is 4.57 Å². The third-order valence-corrected chi connectivity index (χ3v) is 6.78. The molecule has 0 saturated heterocycles. The molecule has 30 heavy (non-hydrogen) atoms. The molecule has 0 aliphatic rings. The van der Waals surface area contributed by atoms with Crippen LogP contribution in [-0.2, 0) is 17.1 Å². The number of sulfonamides is 1. The molecule has 4 rings (SSSR count). The quantitative estimate of drug-likeness (QED) is 0.466. The van der Waals surface area contributed by atoms with Crippen LogP contribution in [0.2, 0.25) is 0 Å². The Morgan fingerprint density at radius 3 is 2.60 bits per heavy atom. The number of pyridine rings is 1. The molecule has 0 spiro atoms. The van der Waals surface area contributed by atoms with Crippen molar-refractivity contribution in [2.24, 2.45) is 7.05 Å². The van der Waals surface area contributed by atoms with E-state index in [1.165, 1.54) is 18.3 Å². The summed E-state index contributed by atoms with van der Waals surface area (Å²) in [5.41, 5.74) is 1.68. The molecule has 6 nitrogen and oxygen atoms in total. The van der Waals surface area contributed by atoms with E-state index < -0.39 is 21.7 Å². The van der Waals surface area contributed by atoms with Gasteiger partial charge in [0, 0.05) is 34.4 Å². The van der Waals surface area contributed by atoms with Gasteiger partial charge in [-0.15, -0.1) is 0 Å². The molecule has 0 atom stereocenters. The Hall–Kier alpha value is -3.04. The van der Waals surface area contributed by atoms with Gasteiger partial charge in [0.15, 0.2) is 0 Å². The first-order chi connectivity index (χ1) is 14.3. The normalized spacial score (nSPS) is 11.6. The van der Waals surface area contributed by atoms with Gasteiger partial charge in [0.1, 0.15) is 17.0 Å². The Labute approximate surface area is 180 Å². The van der Waals surface area contributed by atoms with Crippen LogP contribution in [0, 0.1) is 5.82 Å². The molecule has 1 N–H and O–H groups in total. The smallest absolute Gasteiger partial charge is 0.281 e. The number of aromatic nitrogens is 2. The largest absolute Gasteiger partial charge is 0.340 e. The first kappa shape index (κ1) is 20.2. The summed E-state index contributed by atoms with van der Waals surface area (Å²) in [6.45, 7) is 0. The zero-order valence-corrected chi connectivity index (χ0v) is 18.0. The number of fused-ring (bicyclic) bond motifs is 1. The maximum Gasteiger partial charge on any atom is 0.281 e. The first-order valence-electron chi connectivity index (χ1n) is 8.80. The zero-order chi connectivity index (χ0) is 21.5. The van der Waals surface area contributed by atoms with Crippen molar-refractivity contribution in [2.45, 2.75) is 4.90 Å². The number of benzene rings is 2. The topological polar surface area (TPSA) is 81.1 Å². The average molecular weight is 488 g/mol. The van der Waals surface area contributed by atoms with Gasteiger partial charge in [-0.2, -0.15) is 0 Å². The molecule has 152 valence electrons. The fraction of sp³-hybridized carbons (Fsp3) is 0.0476. The van der Waals surface area contributed by atoms with E-state index in [1.807, 2.05) is 24.3 Å². The van der Waals surface area contributed by atoms with Crippen LogP contribution in [0.5, 0.6) is 0 Å². The second kappa shape index (κ2) is 7.66. The van der Waals surface area contributed by atoms with E-state index in [9.17, 15) is 17.6 Å². The lowest BCUT2D eigenvalue weighted by Crippen LogP contribution is -2.32. The standard InChI is InChI=1S/C21H15BrFN3O3S/c1-26-17(13-5-2-3-7-15(13)22)9-10-18(26)21(27)25-30(28,29)19-11-8-16(23)20-14(19)6-4-12-24-20/h2-12H,1H3,(H,25,27). The van der Waals surface area contributed by atoms with Crippen molar-refractivity contribution in [2.75, 3.05) is 0 Å². The maximum atomic E-state index is 14.0. The summed E-state index contributed by atoms with van der Waals surface area (Å²) < 4.78 is 44.3. The number of carbonyl (C=O) groups excluding carboxylic acids is 1. The second-order valence-corrected chi connectivity index (χ2v) is 9.03. The lowest BCUT2D eigenvalue weighted by atomic mass is 10.1. The van der Waals surface area contributed by atoms with Crippen molar-refractivity contribution in [1.82, 2.24) is 14.3 Å². The minimum atomic E-state index is -4.26. The number of carbonyl (C=O) groups is 1. The summed E-state index contributed by atoms with van der Waals surface area (Å²) >= 11 is 3.48. The van der Waals surface area contributed by atoms with E-state index >= 15 is 0 Å². The van der Waals surface area contributed by atoms with E-state index in [0.29, 0.717) is 0 Å². The van der Waals surface area contributed by atoms with Crippen LogP contribution < -0.4 is 4.72 Å². The van der Waals surface area contributed by atoms with Gasteiger partial charge in [0.05, 0.1) is 4.90 Å². The molecule has 0 unspecified atom stereocenters. The Balaban J connectivity index is 1.70. The highest BCUT2D eigenvalue weighted by Gasteiger charge is 2.24. The van der Waals surface area contributed by atoms with Gasteiger partial charge in [-0.25, -0.2) is 17.5 Å². The predicted molar refractivity (Wildman–Crippen MR) is 115 cm³/mol. The molecule has 2 aromatic heterocycles. The average Bonchev–Trinajstić information content (AvgIpc) is 3.09. The van der Waals surface area contributed by atoms with Crippen molar-refractivity contribution < 1.29 is 17.6 Å². The first-order valence-corrected chi connectivity index (χ1v) is 11.1. The van der Waals surface area contributed by atoms with Crippen molar-refractivity contribution in [1.29, 1.82) is 0 Å². The SMILES string of the molecule is Cn1c(C(=O)NS(=O)(=O)c2ccc(F)c3ncccc23)ccc1-c1ccccc1Br. The summed E-state index contributed by atoms with van der Waals surface area (Å²) in [5, 5.41) is 0.0959. The third kappa shape index (κ3) is 3.50. The number of hydrogen-bond acceptors (Lipinski definition) is 4. The van der Waals surface area contributed by atoms with Crippen LogP contribution in [0.1, 0.15) is 10.5 Å². The fourth-order valence-corrected chi connectivity index (χ4v) is 4.90. The molecule has 0 aliphatic heterocycles. The lowest BCUT2D eigenvalue weighted by molar-refractivity contribution is 0.0973. The predicted octanol–water partition coefficient (Wildman–Crippen LogP) is 4.26. The minimum Gasteiger partial charge on any atom is -0.340 e. The highest BCUT2D eigenvalue weighted by atomic mass is 79.9. The lowest BCUT2D eigenvalue weighted by Gasteiger charge is -2.12. The molecule has 0 aliphatic carbocycles. The van der Waals surface area contributed by atoms with Crippen LogP contribution in [0.25, 0.3) is 22.2 Å². The van der Waals surface area contributed by atoms with Gasteiger partial charge in [-0.05, 0) is 42.5 Å². The molecule has 0 bridgehead atoms. The molecule has 0 radical (unpaired) electrons. The maximum absolute atomic E-state index is 14.0. The minimum absolute atomic E-state index is 0.0806. The molecule has 1 amide bonds. The molecular weight excluding hydrogens is 473 g/mol. The Bertz CT molecular complexity index is 1400. The van der Waals surface area contributed by atoms with E-state index in [-0.39, 0.29) is 21.5 Å². The molecule has 0 saturated carbocycles. The summed E-state index contributed by atoms with van der Waals surface area (Å²) in [7, 11) is -2.59. The molecular formula is C21H15BrFN3O3S. The van der Waals surface area contributed by atoms with Crippen molar-refractivity contribution in [3.8, 4) is 11.3 Å². The molecule has 4 aromatic rings. The van der Waals surface area contributed by atoms with E-state index in [2.05, 4.69) is 25.6 Å². The zero-order valence-electron chi connectivity index (χ0n) is 15.6. The Kier molecular flexibility index (Phi) is 5.17. The van der Waals surface area contributed by atoms with Gasteiger partial charge in [-0.1, -0.05) is 34.1 Å². The van der Waals surface area contributed by atoms with E-state index in [4.69, 9.17) is 0 Å². The number of halogens is 2. The molecule has 2 aromatic carbocycles. The van der Waals surface area contributed by atoms with Crippen LogP contribution in [0.4, 0.5) is 4.39 Å². The third-order valence-electron chi connectivity index (χ3n) is 4.70. The number of amides is 1. The van der Waals surface area contributed by atoms with Crippen LogP contribution in [0.3, 0.4) is 0 Å². The number of nitrogens with zero attached hydrogens (tertiary/aromatic N) is 2. The Morgan fingerprint density at radius 1 is 1.07 bits per heavy atom. The van der Waals surface area contributed by atoms with E-state index in [0.717, 1.165) is 27.9 Å². The van der Waals surface area contributed by atoms with Crippen molar-refractivity contribution in [3.63, 3.8) is 0 Å². The van der Waals surface area contributed by atoms with Gasteiger partial charge in [0.25, 0.3) is 15.9 Å². The summed E-state index contributed by atoms with van der Waals surface area (Å²) in [5.74, 6) is -1.44.